The van der Waals surface area contributed by atoms with Crippen molar-refractivity contribution in [3.8, 4) is 22.9 Å². The van der Waals surface area contributed by atoms with Crippen LogP contribution in [0.2, 0.25) is 0 Å². The lowest BCUT2D eigenvalue weighted by molar-refractivity contribution is 0.306. The first kappa shape index (κ1) is 19.0. The zero-order valence-electron chi connectivity index (χ0n) is 15.3. The molecule has 0 unspecified atom stereocenters. The average molecular weight is 385 g/mol. The second-order valence-corrected chi connectivity index (χ2v) is 6.49. The summed E-state index contributed by atoms with van der Waals surface area (Å²) in [6.07, 6.45) is 1.87. The summed E-state index contributed by atoms with van der Waals surface area (Å²) in [5.41, 5.74) is 3.55. The zero-order valence-corrected chi connectivity index (χ0v) is 16.1. The zero-order chi connectivity index (χ0) is 19.2. The Hall–Kier alpha value is -2.80. The number of methoxy groups -OCH3 is 1. The number of nitrogens with one attached hydrogen (secondary N) is 1. The second kappa shape index (κ2) is 8.73. The summed E-state index contributed by atoms with van der Waals surface area (Å²) < 4.78 is 28.4. The van der Waals surface area contributed by atoms with Crippen LogP contribution in [0.3, 0.4) is 0 Å². The van der Waals surface area contributed by atoms with Crippen molar-refractivity contribution in [2.24, 2.45) is 0 Å². The van der Waals surface area contributed by atoms with Gasteiger partial charge >= 0.3 is 0 Å². The molecule has 5 nitrogen and oxygen atoms in total. The summed E-state index contributed by atoms with van der Waals surface area (Å²) in [4.78, 5) is 0. The Morgan fingerprint density at radius 2 is 1.96 bits per heavy atom. The lowest BCUT2D eigenvalue weighted by Gasteiger charge is -2.11. The Bertz CT molecular complexity index is 937. The molecule has 0 atom stereocenters. The van der Waals surface area contributed by atoms with E-state index < -0.39 is 5.82 Å². The second-order valence-electron chi connectivity index (χ2n) is 5.88. The third kappa shape index (κ3) is 4.68. The van der Waals surface area contributed by atoms with Gasteiger partial charge in [0, 0.05) is 11.8 Å². The van der Waals surface area contributed by atoms with Crippen LogP contribution >= 0.6 is 11.9 Å². The summed E-state index contributed by atoms with van der Waals surface area (Å²) in [5, 5.41) is 8.09. The van der Waals surface area contributed by atoms with Crippen LogP contribution in [0, 0.1) is 12.7 Å². The molecule has 0 saturated heterocycles. The average Bonchev–Trinajstić information content (AvgIpc) is 2.68. The molecule has 0 bridgehead atoms. The van der Waals surface area contributed by atoms with Crippen LogP contribution in [0.1, 0.15) is 11.1 Å². The molecule has 0 aliphatic heterocycles. The number of aromatic nitrogens is 2. The fourth-order valence-electron chi connectivity index (χ4n) is 2.60. The lowest BCUT2D eigenvalue weighted by Crippen LogP contribution is -2.00. The molecule has 2 aromatic carbocycles. The number of rotatable bonds is 7. The summed E-state index contributed by atoms with van der Waals surface area (Å²) in [5.74, 6) is 0.512. The highest BCUT2D eigenvalue weighted by Gasteiger charge is 2.13. The number of benzene rings is 2. The number of hydrogen-bond acceptors (Lipinski definition) is 6. The Kier molecular flexibility index (Phi) is 6.13. The number of anilines is 1. The summed E-state index contributed by atoms with van der Waals surface area (Å²) >= 11 is 1.39. The normalized spacial score (nSPS) is 10.5. The van der Waals surface area contributed by atoms with Crippen LogP contribution in [0.4, 0.5) is 10.1 Å². The number of nitrogens with zero attached hydrogens (tertiary/aromatic N) is 2. The predicted molar refractivity (Wildman–Crippen MR) is 107 cm³/mol. The Labute approximate surface area is 162 Å². The quantitative estimate of drug-likeness (QED) is 0.586. The van der Waals surface area contributed by atoms with Crippen LogP contribution in [0.15, 0.2) is 48.5 Å². The van der Waals surface area contributed by atoms with Crippen molar-refractivity contribution in [3.05, 3.63) is 65.5 Å². The van der Waals surface area contributed by atoms with E-state index in [9.17, 15) is 4.39 Å². The van der Waals surface area contributed by atoms with E-state index in [0.29, 0.717) is 35.2 Å². The van der Waals surface area contributed by atoms with E-state index in [2.05, 4.69) is 21.0 Å². The predicted octanol–water partition coefficient (Wildman–Crippen LogP) is 4.87. The molecule has 0 aliphatic carbocycles. The molecule has 140 valence electrons. The van der Waals surface area contributed by atoms with Gasteiger partial charge in [-0.25, -0.2) is 4.39 Å². The molecule has 1 N–H and O–H groups in total. The van der Waals surface area contributed by atoms with E-state index in [1.54, 1.807) is 18.2 Å². The van der Waals surface area contributed by atoms with Crippen LogP contribution < -0.4 is 14.2 Å². The lowest BCUT2D eigenvalue weighted by atomic mass is 10.1. The van der Waals surface area contributed by atoms with Gasteiger partial charge in [0.05, 0.1) is 12.8 Å². The highest BCUT2D eigenvalue weighted by atomic mass is 32.2. The van der Waals surface area contributed by atoms with Crippen molar-refractivity contribution in [3.63, 3.8) is 0 Å². The summed E-state index contributed by atoms with van der Waals surface area (Å²) in [7, 11) is 1.51. The van der Waals surface area contributed by atoms with Crippen LogP contribution in [-0.2, 0) is 6.61 Å². The van der Waals surface area contributed by atoms with Gasteiger partial charge < -0.3 is 14.2 Å². The fourth-order valence-corrected chi connectivity index (χ4v) is 2.97. The first-order chi connectivity index (χ1) is 13.1. The fraction of sp³-hybridized carbons (Fsp3) is 0.200. The van der Waals surface area contributed by atoms with Gasteiger partial charge in [0.1, 0.15) is 23.9 Å². The molecule has 1 aromatic heterocycles. The molecule has 0 amide bonds. The van der Waals surface area contributed by atoms with Crippen LogP contribution in [-0.4, -0.2) is 23.6 Å². The third-order valence-corrected chi connectivity index (χ3v) is 4.29. The highest BCUT2D eigenvalue weighted by molar-refractivity contribution is 7.99. The van der Waals surface area contributed by atoms with E-state index >= 15 is 0 Å². The maximum Gasteiger partial charge on any atom is 0.257 e. The molecular formula is C20H20FN3O2S. The van der Waals surface area contributed by atoms with E-state index in [1.807, 2.05) is 31.4 Å². The number of aryl methyl sites for hydroxylation is 1. The number of hydrogen-bond donors (Lipinski definition) is 1. The highest BCUT2D eigenvalue weighted by Crippen LogP contribution is 2.31. The van der Waals surface area contributed by atoms with Gasteiger partial charge in [-0.3, -0.25) is 0 Å². The van der Waals surface area contributed by atoms with Crippen molar-refractivity contribution in [2.75, 3.05) is 18.1 Å². The first-order valence-corrected chi connectivity index (χ1v) is 9.52. The van der Waals surface area contributed by atoms with E-state index in [4.69, 9.17) is 9.47 Å². The number of ether oxygens (including phenoxy) is 2. The minimum absolute atomic E-state index is 0.316. The monoisotopic (exact) mass is 385 g/mol. The summed E-state index contributed by atoms with van der Waals surface area (Å²) in [6, 6.07) is 14.4. The minimum atomic E-state index is -0.396. The topological polar surface area (TPSA) is 56.3 Å². The Morgan fingerprint density at radius 1 is 1.11 bits per heavy atom. The maximum absolute atomic E-state index is 14.4. The van der Waals surface area contributed by atoms with Gasteiger partial charge in [-0.15, -0.1) is 10.2 Å². The van der Waals surface area contributed by atoms with Gasteiger partial charge in [-0.1, -0.05) is 41.8 Å². The maximum atomic E-state index is 14.4. The standard InChI is InChI=1S/C20H20FN3O2S/c1-13-5-4-6-14(9-13)12-26-15-7-8-17(21)16(10-15)18-11-19(24-27-3)20(25-2)23-22-18/h4-11H,12H2,1-3H3,(H,22,24). The SMILES string of the molecule is COc1nnc(-c2cc(OCc3cccc(C)c3)ccc2F)cc1NSC. The largest absolute Gasteiger partial charge is 0.489 e. The Balaban J connectivity index is 1.86. The van der Waals surface area contributed by atoms with Crippen molar-refractivity contribution >= 4 is 17.6 Å². The van der Waals surface area contributed by atoms with Crippen molar-refractivity contribution in [2.45, 2.75) is 13.5 Å². The van der Waals surface area contributed by atoms with Crippen molar-refractivity contribution in [1.82, 2.24) is 10.2 Å². The third-order valence-electron chi connectivity index (χ3n) is 3.87. The molecule has 7 heteroatoms. The molecule has 0 fully saturated rings. The smallest absolute Gasteiger partial charge is 0.257 e. The van der Waals surface area contributed by atoms with Gasteiger partial charge in [0.25, 0.3) is 5.88 Å². The molecule has 0 saturated carbocycles. The summed E-state index contributed by atoms with van der Waals surface area (Å²) in [6.45, 7) is 2.43. The molecule has 0 spiro atoms. The van der Waals surface area contributed by atoms with Crippen LogP contribution in [0.5, 0.6) is 11.6 Å². The molecule has 3 rings (SSSR count). The molecule has 0 radical (unpaired) electrons. The number of halogens is 1. The van der Waals surface area contributed by atoms with Gasteiger partial charge in [0.2, 0.25) is 0 Å². The van der Waals surface area contributed by atoms with Gasteiger partial charge in [0.15, 0.2) is 0 Å². The van der Waals surface area contributed by atoms with E-state index in [-0.39, 0.29) is 0 Å². The van der Waals surface area contributed by atoms with Crippen LogP contribution in [0.25, 0.3) is 11.3 Å². The van der Waals surface area contributed by atoms with Gasteiger partial charge in [-0.05, 0) is 36.8 Å². The molecule has 27 heavy (non-hydrogen) atoms. The minimum Gasteiger partial charge on any atom is -0.489 e. The molecule has 3 aromatic rings. The van der Waals surface area contributed by atoms with Crippen molar-refractivity contribution < 1.29 is 13.9 Å². The molecule has 1 heterocycles. The Morgan fingerprint density at radius 3 is 2.70 bits per heavy atom. The van der Waals surface area contributed by atoms with Crippen molar-refractivity contribution in [1.29, 1.82) is 0 Å². The van der Waals surface area contributed by atoms with E-state index in [1.165, 1.54) is 30.7 Å². The molecular weight excluding hydrogens is 365 g/mol. The first-order valence-electron chi connectivity index (χ1n) is 8.29. The van der Waals surface area contributed by atoms with Gasteiger partial charge in [-0.2, -0.15) is 0 Å². The molecule has 0 aliphatic rings. The van der Waals surface area contributed by atoms with E-state index in [0.717, 1.165) is 5.56 Å².